The molecule has 1 aliphatic heterocycles. The van der Waals surface area contributed by atoms with Crippen molar-refractivity contribution in [3.8, 4) is 0 Å². The van der Waals surface area contributed by atoms with Crippen molar-refractivity contribution < 1.29 is 9.32 Å². The molecule has 134 valence electrons. The third kappa shape index (κ3) is 4.65. The number of piperidine rings is 1. The van der Waals surface area contributed by atoms with Gasteiger partial charge >= 0.3 is 0 Å². The van der Waals surface area contributed by atoms with Gasteiger partial charge in [-0.2, -0.15) is 4.98 Å². The van der Waals surface area contributed by atoms with Crippen LogP contribution in [0, 0.1) is 0 Å². The summed E-state index contributed by atoms with van der Waals surface area (Å²) >= 11 is 0. The van der Waals surface area contributed by atoms with E-state index in [1.165, 1.54) is 0 Å². The highest BCUT2D eigenvalue weighted by Gasteiger charge is 2.28. The maximum Gasteiger partial charge on any atom is 0.229 e. The SMILES string of the molecule is CC(C)c1nc([C@H]2CCCN(C(=O)CCCc3ccccn3)C2)no1. The van der Waals surface area contributed by atoms with Gasteiger partial charge in [0.15, 0.2) is 5.82 Å². The minimum atomic E-state index is 0.185. The highest BCUT2D eigenvalue weighted by atomic mass is 16.5. The van der Waals surface area contributed by atoms with Gasteiger partial charge in [0, 0.05) is 43.2 Å². The highest BCUT2D eigenvalue weighted by Crippen LogP contribution is 2.26. The van der Waals surface area contributed by atoms with Crippen LogP contribution < -0.4 is 0 Å². The summed E-state index contributed by atoms with van der Waals surface area (Å²) in [6.07, 6.45) is 6.02. The molecule has 1 atom stereocenters. The first-order valence-electron chi connectivity index (χ1n) is 9.14. The van der Waals surface area contributed by atoms with Gasteiger partial charge in [-0.05, 0) is 37.8 Å². The van der Waals surface area contributed by atoms with Crippen molar-refractivity contribution in [3.63, 3.8) is 0 Å². The lowest BCUT2D eigenvalue weighted by molar-refractivity contribution is -0.132. The summed E-state index contributed by atoms with van der Waals surface area (Å²) in [6, 6.07) is 5.89. The van der Waals surface area contributed by atoms with Crippen LogP contribution in [-0.4, -0.2) is 39.0 Å². The van der Waals surface area contributed by atoms with Gasteiger partial charge in [0.1, 0.15) is 0 Å². The number of hydrogen-bond donors (Lipinski definition) is 0. The zero-order chi connectivity index (χ0) is 17.6. The number of carbonyl (C=O) groups excluding carboxylic acids is 1. The molecule has 3 rings (SSSR count). The molecule has 1 amide bonds. The Morgan fingerprint density at radius 1 is 1.40 bits per heavy atom. The van der Waals surface area contributed by atoms with Crippen molar-refractivity contribution >= 4 is 5.91 Å². The second-order valence-corrected chi connectivity index (χ2v) is 7.00. The molecule has 1 aliphatic rings. The fraction of sp³-hybridized carbons (Fsp3) is 0.579. The Balaban J connectivity index is 1.50. The van der Waals surface area contributed by atoms with Crippen LogP contribution in [0.2, 0.25) is 0 Å². The van der Waals surface area contributed by atoms with Crippen LogP contribution >= 0.6 is 0 Å². The summed E-state index contributed by atoms with van der Waals surface area (Å²) < 4.78 is 5.32. The van der Waals surface area contributed by atoms with Crippen molar-refractivity contribution in [2.75, 3.05) is 13.1 Å². The monoisotopic (exact) mass is 342 g/mol. The molecule has 0 saturated carbocycles. The van der Waals surface area contributed by atoms with E-state index in [0.29, 0.717) is 18.9 Å². The van der Waals surface area contributed by atoms with Crippen LogP contribution in [0.15, 0.2) is 28.9 Å². The van der Waals surface area contributed by atoms with Gasteiger partial charge in [0.25, 0.3) is 0 Å². The Labute approximate surface area is 148 Å². The zero-order valence-electron chi connectivity index (χ0n) is 15.0. The molecule has 0 N–H and O–H groups in total. The number of hydrogen-bond acceptors (Lipinski definition) is 5. The summed E-state index contributed by atoms with van der Waals surface area (Å²) in [5.41, 5.74) is 1.04. The largest absolute Gasteiger partial charge is 0.342 e. The number of pyridine rings is 1. The first-order valence-corrected chi connectivity index (χ1v) is 9.14. The van der Waals surface area contributed by atoms with Gasteiger partial charge in [-0.15, -0.1) is 0 Å². The maximum atomic E-state index is 12.5. The number of aryl methyl sites for hydroxylation is 1. The van der Waals surface area contributed by atoms with Crippen LogP contribution in [0.5, 0.6) is 0 Å². The molecular weight excluding hydrogens is 316 g/mol. The van der Waals surface area contributed by atoms with Crippen LogP contribution in [0.3, 0.4) is 0 Å². The molecule has 1 saturated heterocycles. The van der Waals surface area contributed by atoms with Crippen molar-refractivity contribution in [2.45, 2.75) is 57.8 Å². The minimum absolute atomic E-state index is 0.185. The van der Waals surface area contributed by atoms with E-state index >= 15 is 0 Å². The lowest BCUT2D eigenvalue weighted by atomic mass is 9.97. The van der Waals surface area contributed by atoms with E-state index in [1.807, 2.05) is 36.9 Å². The van der Waals surface area contributed by atoms with Gasteiger partial charge < -0.3 is 9.42 Å². The molecule has 25 heavy (non-hydrogen) atoms. The zero-order valence-corrected chi connectivity index (χ0v) is 15.0. The maximum absolute atomic E-state index is 12.5. The summed E-state index contributed by atoms with van der Waals surface area (Å²) in [7, 11) is 0. The van der Waals surface area contributed by atoms with Gasteiger partial charge in [0.2, 0.25) is 11.8 Å². The number of amides is 1. The third-order valence-electron chi connectivity index (χ3n) is 4.64. The predicted molar refractivity (Wildman–Crippen MR) is 94.1 cm³/mol. The smallest absolute Gasteiger partial charge is 0.229 e. The first-order chi connectivity index (χ1) is 12.1. The Kier molecular flexibility index (Phi) is 5.79. The third-order valence-corrected chi connectivity index (χ3v) is 4.64. The topological polar surface area (TPSA) is 72.1 Å². The molecule has 2 aromatic heterocycles. The predicted octanol–water partition coefficient (Wildman–Crippen LogP) is 3.32. The Bertz CT molecular complexity index is 684. The fourth-order valence-electron chi connectivity index (χ4n) is 3.19. The fourth-order valence-corrected chi connectivity index (χ4v) is 3.19. The van der Waals surface area contributed by atoms with Crippen LogP contribution in [0.1, 0.15) is 68.8 Å². The van der Waals surface area contributed by atoms with Gasteiger partial charge in [0.05, 0.1) is 0 Å². The molecule has 0 aromatic carbocycles. The van der Waals surface area contributed by atoms with E-state index in [2.05, 4.69) is 15.1 Å². The Hall–Kier alpha value is -2.24. The first kappa shape index (κ1) is 17.6. The van der Waals surface area contributed by atoms with E-state index in [0.717, 1.165) is 43.7 Å². The highest BCUT2D eigenvalue weighted by molar-refractivity contribution is 5.76. The summed E-state index contributed by atoms with van der Waals surface area (Å²) in [5.74, 6) is 2.05. The number of rotatable bonds is 6. The van der Waals surface area contributed by atoms with Crippen molar-refractivity contribution in [3.05, 3.63) is 41.8 Å². The molecule has 0 spiro atoms. The molecule has 1 fully saturated rings. The summed E-state index contributed by atoms with van der Waals surface area (Å²) in [4.78, 5) is 23.3. The molecule has 0 unspecified atom stereocenters. The van der Waals surface area contributed by atoms with Crippen molar-refractivity contribution in [2.24, 2.45) is 0 Å². The second-order valence-electron chi connectivity index (χ2n) is 7.00. The second kappa shape index (κ2) is 8.23. The average molecular weight is 342 g/mol. The van der Waals surface area contributed by atoms with E-state index in [-0.39, 0.29) is 17.7 Å². The number of carbonyl (C=O) groups is 1. The van der Waals surface area contributed by atoms with Crippen LogP contribution in [0.25, 0.3) is 0 Å². The Morgan fingerprint density at radius 3 is 3.00 bits per heavy atom. The standard InChI is InChI=1S/C19H26N4O2/c1-14(2)19-21-18(22-25-19)15-7-6-12-23(13-15)17(24)10-5-9-16-8-3-4-11-20-16/h3-4,8,11,14-15H,5-7,9-10,12-13H2,1-2H3/t15-/m0/s1. The molecule has 6 nitrogen and oxygen atoms in total. The number of nitrogens with zero attached hydrogens (tertiary/aromatic N) is 4. The molecule has 0 radical (unpaired) electrons. The normalized spacial score (nSPS) is 17.9. The van der Waals surface area contributed by atoms with Crippen molar-refractivity contribution in [1.82, 2.24) is 20.0 Å². The molecule has 3 heterocycles. The number of aromatic nitrogens is 3. The van der Waals surface area contributed by atoms with E-state index in [4.69, 9.17) is 4.52 Å². The van der Waals surface area contributed by atoms with Gasteiger partial charge in [-0.1, -0.05) is 25.1 Å². The molecular formula is C19H26N4O2. The van der Waals surface area contributed by atoms with Gasteiger partial charge in [-0.25, -0.2) is 0 Å². The van der Waals surface area contributed by atoms with Gasteiger partial charge in [-0.3, -0.25) is 9.78 Å². The molecule has 6 heteroatoms. The summed E-state index contributed by atoms with van der Waals surface area (Å²) in [6.45, 7) is 5.60. The molecule has 0 aliphatic carbocycles. The summed E-state index contributed by atoms with van der Waals surface area (Å²) in [5, 5.41) is 4.12. The molecule has 2 aromatic rings. The van der Waals surface area contributed by atoms with E-state index in [1.54, 1.807) is 6.20 Å². The van der Waals surface area contributed by atoms with E-state index in [9.17, 15) is 4.79 Å². The quantitative estimate of drug-likeness (QED) is 0.805. The van der Waals surface area contributed by atoms with E-state index < -0.39 is 0 Å². The Morgan fingerprint density at radius 2 is 2.28 bits per heavy atom. The molecule has 0 bridgehead atoms. The lowest BCUT2D eigenvalue weighted by Crippen LogP contribution is -2.39. The number of likely N-dealkylation sites (tertiary alicyclic amines) is 1. The average Bonchev–Trinajstić information content (AvgIpc) is 3.13. The van der Waals surface area contributed by atoms with Crippen LogP contribution in [0.4, 0.5) is 0 Å². The lowest BCUT2D eigenvalue weighted by Gasteiger charge is -2.31. The van der Waals surface area contributed by atoms with Crippen LogP contribution in [-0.2, 0) is 11.2 Å². The van der Waals surface area contributed by atoms with Crippen molar-refractivity contribution in [1.29, 1.82) is 0 Å². The minimum Gasteiger partial charge on any atom is -0.342 e.